The first-order valence-corrected chi connectivity index (χ1v) is 19.0. The summed E-state index contributed by atoms with van der Waals surface area (Å²) in [6.07, 6.45) is 8.57. The van der Waals surface area contributed by atoms with Crippen molar-refractivity contribution in [2.24, 2.45) is 0 Å². The fourth-order valence-electron chi connectivity index (χ4n) is 4.53. The molecule has 9 heteroatoms. The molecule has 6 nitrogen and oxygen atoms in total. The summed E-state index contributed by atoms with van der Waals surface area (Å²) in [4.78, 5) is 31.7. The summed E-state index contributed by atoms with van der Waals surface area (Å²) in [6.45, 7) is 15.9. The van der Waals surface area contributed by atoms with E-state index in [0.29, 0.717) is 17.9 Å². The van der Waals surface area contributed by atoms with Crippen molar-refractivity contribution >= 4 is 49.0 Å². The number of nitrogens with zero attached hydrogens (tertiary/aromatic N) is 2. The van der Waals surface area contributed by atoms with Gasteiger partial charge < -0.3 is 14.1 Å². The SMILES string of the molecule is CCCCCC(O[Si](C)(C)C(C)(C)C)c1ccc(N2C(=O)CC[C@@H]2CCSc2ncc(C(=O)OCC)s2)cc1. The van der Waals surface area contributed by atoms with E-state index in [1.165, 1.54) is 29.7 Å². The number of benzene rings is 1. The molecule has 1 fully saturated rings. The summed E-state index contributed by atoms with van der Waals surface area (Å²) in [5.41, 5.74) is 2.18. The lowest BCUT2D eigenvalue weighted by Gasteiger charge is -2.39. The molecule has 0 saturated carbocycles. The highest BCUT2D eigenvalue weighted by Crippen LogP contribution is 2.41. The Hall–Kier alpha value is -1.68. The Kier molecular flexibility index (Phi) is 11.7. The molecular formula is C30H46N2O4S2Si. The molecule has 1 aliphatic heterocycles. The van der Waals surface area contributed by atoms with E-state index in [9.17, 15) is 9.59 Å². The monoisotopic (exact) mass is 590 g/mol. The van der Waals surface area contributed by atoms with Gasteiger partial charge in [-0.15, -0.1) is 11.3 Å². The van der Waals surface area contributed by atoms with Crippen molar-refractivity contribution in [3.05, 3.63) is 40.9 Å². The second-order valence-electron chi connectivity index (χ2n) is 11.8. The molecule has 2 atom stereocenters. The molecule has 216 valence electrons. The number of esters is 1. The molecule has 3 rings (SSSR count). The van der Waals surface area contributed by atoms with Gasteiger partial charge in [-0.05, 0) is 62.0 Å². The molecule has 39 heavy (non-hydrogen) atoms. The molecule has 0 radical (unpaired) electrons. The topological polar surface area (TPSA) is 68.7 Å². The van der Waals surface area contributed by atoms with Crippen LogP contribution in [-0.4, -0.2) is 43.6 Å². The lowest BCUT2D eigenvalue weighted by Crippen LogP contribution is -2.41. The van der Waals surface area contributed by atoms with E-state index in [2.05, 4.69) is 70.0 Å². The van der Waals surface area contributed by atoms with E-state index >= 15 is 0 Å². The standard InChI is InChI=1S/C30H46N2O4S2Si/c1-8-10-11-12-25(36-39(6,7)30(3,4)5)22-13-15-23(16-14-22)32-24(17-18-27(32)33)19-20-37-29-31-21-26(38-29)28(34)35-9-2/h13-16,21,24-25H,8-12,17-20H2,1-7H3/t24-,25?/m1/s1. The third-order valence-corrected chi connectivity index (χ3v) is 14.5. The fourth-order valence-corrected chi connectivity index (χ4v) is 7.84. The van der Waals surface area contributed by atoms with Gasteiger partial charge in [-0.3, -0.25) is 4.79 Å². The number of anilines is 1. The van der Waals surface area contributed by atoms with Gasteiger partial charge in [0.05, 0.1) is 18.9 Å². The number of amides is 1. The van der Waals surface area contributed by atoms with Crippen molar-refractivity contribution in [3.63, 3.8) is 0 Å². The van der Waals surface area contributed by atoms with Crippen molar-refractivity contribution in [2.75, 3.05) is 17.3 Å². The number of carbonyl (C=O) groups is 2. The van der Waals surface area contributed by atoms with Gasteiger partial charge in [-0.1, -0.05) is 70.9 Å². The highest BCUT2D eigenvalue weighted by Gasteiger charge is 2.39. The first kappa shape index (κ1) is 31.8. The Labute approximate surface area is 244 Å². The minimum absolute atomic E-state index is 0.0887. The number of unbranched alkanes of at least 4 members (excludes halogenated alkanes) is 2. The molecule has 2 heterocycles. The predicted octanol–water partition coefficient (Wildman–Crippen LogP) is 8.64. The van der Waals surface area contributed by atoms with Crippen LogP contribution in [0.25, 0.3) is 0 Å². The summed E-state index contributed by atoms with van der Waals surface area (Å²) in [5, 5.41) is 0.155. The molecule has 2 aromatic rings. The maximum atomic E-state index is 12.9. The van der Waals surface area contributed by atoms with Gasteiger partial charge in [0.25, 0.3) is 0 Å². The molecule has 1 aromatic heterocycles. The molecule has 1 amide bonds. The highest BCUT2D eigenvalue weighted by atomic mass is 32.2. The third kappa shape index (κ3) is 8.65. The van der Waals surface area contributed by atoms with Crippen LogP contribution < -0.4 is 4.90 Å². The lowest BCUT2D eigenvalue weighted by atomic mass is 10.0. The third-order valence-electron chi connectivity index (χ3n) is 7.82. The molecule has 1 saturated heterocycles. The lowest BCUT2D eigenvalue weighted by molar-refractivity contribution is -0.117. The number of aromatic nitrogens is 1. The molecule has 1 aliphatic rings. The zero-order valence-electron chi connectivity index (χ0n) is 24.7. The Morgan fingerprint density at radius 3 is 2.56 bits per heavy atom. The Balaban J connectivity index is 1.66. The van der Waals surface area contributed by atoms with Crippen LogP contribution >= 0.6 is 23.1 Å². The number of rotatable bonds is 14. The summed E-state index contributed by atoms with van der Waals surface area (Å²) in [6, 6.07) is 8.72. The zero-order chi connectivity index (χ0) is 28.6. The van der Waals surface area contributed by atoms with Crippen molar-refractivity contribution in [1.82, 2.24) is 4.98 Å². The first-order valence-electron chi connectivity index (χ1n) is 14.3. The molecule has 1 unspecified atom stereocenters. The number of hydrogen-bond acceptors (Lipinski definition) is 7. The molecule has 0 spiro atoms. The van der Waals surface area contributed by atoms with E-state index in [-0.39, 0.29) is 29.1 Å². The van der Waals surface area contributed by atoms with Crippen molar-refractivity contribution in [2.45, 2.75) is 114 Å². The van der Waals surface area contributed by atoms with Crippen LogP contribution in [0, 0.1) is 0 Å². The molecule has 0 N–H and O–H groups in total. The summed E-state index contributed by atoms with van der Waals surface area (Å²) >= 11 is 3.00. The van der Waals surface area contributed by atoms with Crippen LogP contribution in [0.2, 0.25) is 18.1 Å². The molecular weight excluding hydrogens is 545 g/mol. The first-order chi connectivity index (χ1) is 18.5. The van der Waals surface area contributed by atoms with E-state index in [0.717, 1.165) is 41.5 Å². The normalized spacial score (nSPS) is 17.1. The molecule has 0 bridgehead atoms. The average molecular weight is 591 g/mol. The Morgan fingerprint density at radius 2 is 1.92 bits per heavy atom. The smallest absolute Gasteiger partial charge is 0.349 e. The number of hydrogen-bond donors (Lipinski definition) is 0. The average Bonchev–Trinajstić information content (AvgIpc) is 3.50. The molecule has 0 aliphatic carbocycles. The van der Waals surface area contributed by atoms with Crippen LogP contribution in [0.4, 0.5) is 5.69 Å². The summed E-state index contributed by atoms with van der Waals surface area (Å²) < 4.78 is 12.8. The zero-order valence-corrected chi connectivity index (χ0v) is 27.4. The van der Waals surface area contributed by atoms with Crippen molar-refractivity contribution < 1.29 is 18.8 Å². The highest BCUT2D eigenvalue weighted by molar-refractivity contribution is 8.01. The predicted molar refractivity (Wildman–Crippen MR) is 166 cm³/mol. The van der Waals surface area contributed by atoms with Crippen molar-refractivity contribution in [1.29, 1.82) is 0 Å². The quantitative estimate of drug-likeness (QED) is 0.0949. The minimum Gasteiger partial charge on any atom is -0.462 e. The van der Waals surface area contributed by atoms with Gasteiger partial charge in [0, 0.05) is 23.9 Å². The van der Waals surface area contributed by atoms with Crippen LogP contribution in [0.3, 0.4) is 0 Å². The van der Waals surface area contributed by atoms with Gasteiger partial charge in [0.2, 0.25) is 5.91 Å². The van der Waals surface area contributed by atoms with Gasteiger partial charge >= 0.3 is 5.97 Å². The van der Waals surface area contributed by atoms with E-state index in [1.807, 2.05) is 4.90 Å². The van der Waals surface area contributed by atoms with Gasteiger partial charge in [-0.25, -0.2) is 9.78 Å². The number of thioether (sulfide) groups is 1. The Bertz CT molecular complexity index is 1080. The fraction of sp³-hybridized carbons (Fsp3) is 0.633. The second-order valence-corrected chi connectivity index (χ2v) is 18.9. The van der Waals surface area contributed by atoms with Gasteiger partial charge in [0.15, 0.2) is 12.7 Å². The maximum absolute atomic E-state index is 12.9. The Morgan fingerprint density at radius 1 is 1.21 bits per heavy atom. The minimum atomic E-state index is -1.92. The van der Waals surface area contributed by atoms with E-state index in [4.69, 9.17) is 9.16 Å². The second kappa shape index (κ2) is 14.3. The van der Waals surface area contributed by atoms with E-state index in [1.54, 1.807) is 24.9 Å². The largest absolute Gasteiger partial charge is 0.462 e. The summed E-state index contributed by atoms with van der Waals surface area (Å²) in [5.74, 6) is 0.705. The number of carbonyl (C=O) groups excluding carboxylic acids is 2. The van der Waals surface area contributed by atoms with Crippen LogP contribution in [0.5, 0.6) is 0 Å². The van der Waals surface area contributed by atoms with Gasteiger partial charge in [-0.2, -0.15) is 0 Å². The van der Waals surface area contributed by atoms with Crippen LogP contribution in [-0.2, 0) is 14.0 Å². The summed E-state index contributed by atoms with van der Waals surface area (Å²) in [7, 11) is -1.92. The van der Waals surface area contributed by atoms with Crippen molar-refractivity contribution in [3.8, 4) is 0 Å². The van der Waals surface area contributed by atoms with Crippen LogP contribution in [0.15, 0.2) is 34.8 Å². The molecule has 1 aromatic carbocycles. The van der Waals surface area contributed by atoms with E-state index < -0.39 is 8.32 Å². The maximum Gasteiger partial charge on any atom is 0.349 e. The van der Waals surface area contributed by atoms with Gasteiger partial charge in [0.1, 0.15) is 4.88 Å². The number of thiazole rings is 1. The van der Waals surface area contributed by atoms with Crippen LogP contribution in [0.1, 0.15) is 101 Å². The number of ether oxygens (including phenoxy) is 1.